The molecule has 0 aromatic heterocycles. The summed E-state index contributed by atoms with van der Waals surface area (Å²) in [6.45, 7) is 10.3. The Morgan fingerprint density at radius 1 is 0.962 bits per heavy atom. The van der Waals surface area contributed by atoms with E-state index in [-0.39, 0.29) is 17.9 Å². The highest BCUT2D eigenvalue weighted by atomic mass is 16.5. The molecule has 1 amide bonds. The van der Waals surface area contributed by atoms with Crippen LogP contribution in [0.1, 0.15) is 44.4 Å². The van der Waals surface area contributed by atoms with Gasteiger partial charge < -0.3 is 14.8 Å². The lowest BCUT2D eigenvalue weighted by atomic mass is 9.87. The van der Waals surface area contributed by atoms with E-state index in [9.17, 15) is 4.79 Å². The highest BCUT2D eigenvalue weighted by molar-refractivity contribution is 5.77. The number of benzene rings is 2. The van der Waals surface area contributed by atoms with Crippen LogP contribution in [0.3, 0.4) is 0 Å². The summed E-state index contributed by atoms with van der Waals surface area (Å²) in [6.07, 6.45) is 0. The number of carbonyl (C=O) groups is 1. The predicted molar refractivity (Wildman–Crippen MR) is 104 cm³/mol. The minimum absolute atomic E-state index is 0.0112. The van der Waals surface area contributed by atoms with Crippen LogP contribution < -0.4 is 10.1 Å². The number of amides is 1. The Morgan fingerprint density at radius 2 is 1.58 bits per heavy atom. The van der Waals surface area contributed by atoms with Gasteiger partial charge in [0, 0.05) is 13.2 Å². The van der Waals surface area contributed by atoms with E-state index in [2.05, 4.69) is 26.1 Å². The summed E-state index contributed by atoms with van der Waals surface area (Å²) in [5, 5.41) is 2.87. The highest BCUT2D eigenvalue weighted by Crippen LogP contribution is 2.24. The second-order valence-electron chi connectivity index (χ2n) is 7.29. The SMILES string of the molecule is CCOCc1ccc(CNC(=O)COc2ccc(C(C)(C)C)cc2)cc1. The van der Waals surface area contributed by atoms with Gasteiger partial charge in [-0.3, -0.25) is 4.79 Å². The van der Waals surface area contributed by atoms with Gasteiger partial charge in [0.1, 0.15) is 5.75 Å². The van der Waals surface area contributed by atoms with Crippen molar-refractivity contribution in [3.63, 3.8) is 0 Å². The van der Waals surface area contributed by atoms with Crippen molar-refractivity contribution in [1.82, 2.24) is 5.32 Å². The van der Waals surface area contributed by atoms with Crippen LogP contribution in [0.25, 0.3) is 0 Å². The molecule has 0 saturated carbocycles. The summed E-state index contributed by atoms with van der Waals surface area (Å²) in [5.41, 5.74) is 3.52. The van der Waals surface area contributed by atoms with Gasteiger partial charge in [-0.05, 0) is 41.2 Å². The lowest BCUT2D eigenvalue weighted by molar-refractivity contribution is -0.123. The molecule has 0 atom stereocenters. The Morgan fingerprint density at radius 3 is 2.15 bits per heavy atom. The van der Waals surface area contributed by atoms with E-state index in [0.29, 0.717) is 25.5 Å². The third-order valence-electron chi connectivity index (χ3n) is 4.08. The van der Waals surface area contributed by atoms with Crippen molar-refractivity contribution in [2.24, 2.45) is 0 Å². The normalized spacial score (nSPS) is 11.2. The molecule has 4 nitrogen and oxygen atoms in total. The molecule has 0 aliphatic rings. The van der Waals surface area contributed by atoms with E-state index in [1.165, 1.54) is 5.56 Å². The van der Waals surface area contributed by atoms with Gasteiger partial charge in [0.2, 0.25) is 0 Å². The number of nitrogens with one attached hydrogen (secondary N) is 1. The van der Waals surface area contributed by atoms with E-state index in [4.69, 9.17) is 9.47 Å². The van der Waals surface area contributed by atoms with Crippen LogP contribution in [-0.2, 0) is 28.1 Å². The zero-order chi connectivity index (χ0) is 19.0. The fourth-order valence-corrected chi connectivity index (χ4v) is 2.42. The number of hydrogen-bond acceptors (Lipinski definition) is 3. The Hall–Kier alpha value is -2.33. The smallest absolute Gasteiger partial charge is 0.258 e. The topological polar surface area (TPSA) is 47.6 Å². The first-order valence-electron chi connectivity index (χ1n) is 9.04. The molecule has 2 aromatic carbocycles. The first-order valence-corrected chi connectivity index (χ1v) is 9.04. The zero-order valence-electron chi connectivity index (χ0n) is 16.2. The number of carbonyl (C=O) groups excluding carboxylic acids is 1. The van der Waals surface area contributed by atoms with Crippen LogP contribution in [-0.4, -0.2) is 19.1 Å². The zero-order valence-corrected chi connectivity index (χ0v) is 16.2. The average molecular weight is 355 g/mol. The van der Waals surface area contributed by atoms with Crippen LogP contribution in [0.2, 0.25) is 0 Å². The molecular weight excluding hydrogens is 326 g/mol. The van der Waals surface area contributed by atoms with E-state index in [0.717, 1.165) is 11.1 Å². The lowest BCUT2D eigenvalue weighted by Crippen LogP contribution is -2.28. The summed E-state index contributed by atoms with van der Waals surface area (Å²) in [6, 6.07) is 15.9. The van der Waals surface area contributed by atoms with Crippen LogP contribution in [0.5, 0.6) is 5.75 Å². The van der Waals surface area contributed by atoms with Crippen molar-refractivity contribution in [2.75, 3.05) is 13.2 Å². The third kappa shape index (κ3) is 6.52. The van der Waals surface area contributed by atoms with Gasteiger partial charge in [0.15, 0.2) is 6.61 Å². The van der Waals surface area contributed by atoms with Gasteiger partial charge in [-0.15, -0.1) is 0 Å². The molecule has 0 spiro atoms. The van der Waals surface area contributed by atoms with Crippen molar-refractivity contribution in [1.29, 1.82) is 0 Å². The molecule has 1 N–H and O–H groups in total. The van der Waals surface area contributed by atoms with Gasteiger partial charge >= 0.3 is 0 Å². The molecule has 0 radical (unpaired) electrons. The number of rotatable bonds is 8. The largest absolute Gasteiger partial charge is 0.484 e. The van der Waals surface area contributed by atoms with E-state index in [1.54, 1.807) is 0 Å². The Bertz CT molecular complexity index is 685. The second-order valence-corrected chi connectivity index (χ2v) is 7.29. The standard InChI is InChI=1S/C22H29NO3/c1-5-25-15-18-8-6-17(7-9-18)14-23-21(24)16-26-20-12-10-19(11-13-20)22(2,3)4/h6-13H,5,14-16H2,1-4H3,(H,23,24). The summed E-state index contributed by atoms with van der Waals surface area (Å²) < 4.78 is 10.9. The van der Waals surface area contributed by atoms with Gasteiger partial charge in [-0.2, -0.15) is 0 Å². The molecule has 26 heavy (non-hydrogen) atoms. The molecular formula is C22H29NO3. The summed E-state index contributed by atoms with van der Waals surface area (Å²) >= 11 is 0. The molecule has 0 aliphatic heterocycles. The Kier molecular flexibility index (Phi) is 7.22. The molecule has 0 bridgehead atoms. The third-order valence-corrected chi connectivity index (χ3v) is 4.08. The average Bonchev–Trinajstić information content (AvgIpc) is 2.63. The molecule has 0 heterocycles. The monoisotopic (exact) mass is 355 g/mol. The molecule has 2 rings (SSSR count). The molecule has 0 unspecified atom stereocenters. The van der Waals surface area contributed by atoms with Gasteiger partial charge in [0.05, 0.1) is 6.61 Å². The predicted octanol–water partition coefficient (Wildman–Crippen LogP) is 4.22. The number of ether oxygens (including phenoxy) is 2. The van der Waals surface area contributed by atoms with Crippen LogP contribution in [0.4, 0.5) is 0 Å². The van der Waals surface area contributed by atoms with Crippen molar-refractivity contribution in [2.45, 2.75) is 46.3 Å². The first kappa shape index (κ1) is 20.0. The minimum Gasteiger partial charge on any atom is -0.484 e. The Balaban J connectivity index is 1.75. The second kappa shape index (κ2) is 9.39. The summed E-state index contributed by atoms with van der Waals surface area (Å²) in [5.74, 6) is 0.566. The van der Waals surface area contributed by atoms with Crippen LogP contribution in [0, 0.1) is 0 Å². The van der Waals surface area contributed by atoms with Crippen LogP contribution >= 0.6 is 0 Å². The van der Waals surface area contributed by atoms with E-state index >= 15 is 0 Å². The van der Waals surface area contributed by atoms with E-state index in [1.807, 2.05) is 55.5 Å². The lowest BCUT2D eigenvalue weighted by Gasteiger charge is -2.19. The molecule has 0 aliphatic carbocycles. The summed E-state index contributed by atoms with van der Waals surface area (Å²) in [4.78, 5) is 12.0. The van der Waals surface area contributed by atoms with Gasteiger partial charge in [-0.25, -0.2) is 0 Å². The van der Waals surface area contributed by atoms with Gasteiger partial charge in [0.25, 0.3) is 5.91 Å². The van der Waals surface area contributed by atoms with Crippen LogP contribution in [0.15, 0.2) is 48.5 Å². The maximum Gasteiger partial charge on any atom is 0.258 e. The highest BCUT2D eigenvalue weighted by Gasteiger charge is 2.13. The van der Waals surface area contributed by atoms with Crippen molar-refractivity contribution >= 4 is 5.91 Å². The summed E-state index contributed by atoms with van der Waals surface area (Å²) in [7, 11) is 0. The molecule has 0 fully saturated rings. The molecule has 2 aromatic rings. The fraction of sp³-hybridized carbons (Fsp3) is 0.409. The molecule has 0 saturated heterocycles. The fourth-order valence-electron chi connectivity index (χ4n) is 2.42. The van der Waals surface area contributed by atoms with Gasteiger partial charge in [-0.1, -0.05) is 57.2 Å². The quantitative estimate of drug-likeness (QED) is 0.771. The first-order chi connectivity index (χ1) is 12.4. The maximum atomic E-state index is 12.0. The van der Waals surface area contributed by atoms with Crippen molar-refractivity contribution < 1.29 is 14.3 Å². The molecule has 140 valence electrons. The van der Waals surface area contributed by atoms with Crippen molar-refractivity contribution in [3.8, 4) is 5.75 Å². The molecule has 4 heteroatoms. The van der Waals surface area contributed by atoms with E-state index < -0.39 is 0 Å². The van der Waals surface area contributed by atoms with Crippen molar-refractivity contribution in [3.05, 3.63) is 65.2 Å². The minimum atomic E-state index is -0.136. The number of hydrogen-bond donors (Lipinski definition) is 1. The maximum absolute atomic E-state index is 12.0. The Labute approximate surface area is 156 Å².